The quantitative estimate of drug-likeness (QED) is 0.726. The van der Waals surface area contributed by atoms with E-state index in [0.29, 0.717) is 27.2 Å². The molecule has 25 heavy (non-hydrogen) atoms. The maximum absolute atomic E-state index is 12.5. The first-order valence-corrected chi connectivity index (χ1v) is 7.99. The standard InChI is InChI=1S/C19H15ClN2O3/c1-11(18(21)23)25-19(24)15-10-17(12-6-8-13(20)9-7-12)22-16-5-3-2-4-14(15)16/h2-11H,1H3,(H2,21,23). The third-order valence-electron chi connectivity index (χ3n) is 3.76. The number of hydrogen-bond acceptors (Lipinski definition) is 4. The van der Waals surface area contributed by atoms with Gasteiger partial charge in [0.15, 0.2) is 6.10 Å². The molecule has 0 saturated carbocycles. The molecule has 0 fully saturated rings. The maximum atomic E-state index is 12.5. The van der Waals surface area contributed by atoms with E-state index in [2.05, 4.69) is 4.98 Å². The van der Waals surface area contributed by atoms with Gasteiger partial charge in [0.25, 0.3) is 5.91 Å². The molecule has 2 N–H and O–H groups in total. The lowest BCUT2D eigenvalue weighted by Crippen LogP contribution is -2.30. The fourth-order valence-corrected chi connectivity index (χ4v) is 2.52. The summed E-state index contributed by atoms with van der Waals surface area (Å²) in [6.07, 6.45) is -1.02. The first-order chi connectivity index (χ1) is 12.0. The van der Waals surface area contributed by atoms with Crippen LogP contribution in [0.2, 0.25) is 5.02 Å². The van der Waals surface area contributed by atoms with Crippen molar-refractivity contribution in [3.05, 3.63) is 65.2 Å². The van der Waals surface area contributed by atoms with Gasteiger partial charge in [-0.05, 0) is 31.2 Å². The molecule has 3 aromatic rings. The minimum Gasteiger partial charge on any atom is -0.449 e. The van der Waals surface area contributed by atoms with Crippen molar-refractivity contribution in [3.63, 3.8) is 0 Å². The van der Waals surface area contributed by atoms with Crippen LogP contribution in [0.25, 0.3) is 22.2 Å². The average Bonchev–Trinajstić information content (AvgIpc) is 2.61. The van der Waals surface area contributed by atoms with Gasteiger partial charge in [0.2, 0.25) is 0 Å². The highest BCUT2D eigenvalue weighted by Gasteiger charge is 2.19. The number of carbonyl (C=O) groups is 2. The number of amides is 1. The molecule has 0 bridgehead atoms. The Morgan fingerprint density at radius 3 is 2.48 bits per heavy atom. The summed E-state index contributed by atoms with van der Waals surface area (Å²) in [7, 11) is 0. The Kier molecular flexibility index (Phi) is 4.67. The van der Waals surface area contributed by atoms with Gasteiger partial charge in [-0.3, -0.25) is 4.79 Å². The third kappa shape index (κ3) is 3.61. The monoisotopic (exact) mass is 354 g/mol. The van der Waals surface area contributed by atoms with Crippen molar-refractivity contribution in [2.75, 3.05) is 0 Å². The highest BCUT2D eigenvalue weighted by atomic mass is 35.5. The van der Waals surface area contributed by atoms with Gasteiger partial charge in [-0.25, -0.2) is 9.78 Å². The lowest BCUT2D eigenvalue weighted by molar-refractivity contribution is -0.125. The van der Waals surface area contributed by atoms with Crippen LogP contribution in [-0.2, 0) is 9.53 Å². The largest absolute Gasteiger partial charge is 0.449 e. The summed E-state index contributed by atoms with van der Waals surface area (Å²) in [6, 6.07) is 16.0. The molecule has 1 unspecified atom stereocenters. The number of esters is 1. The van der Waals surface area contributed by atoms with Crippen molar-refractivity contribution in [1.82, 2.24) is 4.98 Å². The molecule has 1 amide bonds. The Bertz CT molecular complexity index is 955. The molecule has 0 aliphatic heterocycles. The molecule has 0 aliphatic carbocycles. The Morgan fingerprint density at radius 2 is 1.80 bits per heavy atom. The number of nitrogens with zero attached hydrogens (tertiary/aromatic N) is 1. The predicted molar refractivity (Wildman–Crippen MR) is 96.3 cm³/mol. The van der Waals surface area contributed by atoms with E-state index in [1.165, 1.54) is 6.92 Å². The zero-order chi connectivity index (χ0) is 18.0. The Labute approximate surface area is 149 Å². The van der Waals surface area contributed by atoms with Gasteiger partial charge >= 0.3 is 5.97 Å². The van der Waals surface area contributed by atoms with Crippen molar-refractivity contribution in [1.29, 1.82) is 0 Å². The first kappa shape index (κ1) is 16.9. The van der Waals surface area contributed by atoms with Crippen LogP contribution in [0.15, 0.2) is 54.6 Å². The van der Waals surface area contributed by atoms with E-state index < -0.39 is 18.0 Å². The Hall–Kier alpha value is -2.92. The van der Waals surface area contributed by atoms with Gasteiger partial charge in [-0.15, -0.1) is 0 Å². The van der Waals surface area contributed by atoms with Gasteiger partial charge in [0.1, 0.15) is 0 Å². The number of benzene rings is 2. The smallest absolute Gasteiger partial charge is 0.339 e. The fourth-order valence-electron chi connectivity index (χ4n) is 2.39. The number of fused-ring (bicyclic) bond motifs is 1. The summed E-state index contributed by atoms with van der Waals surface area (Å²) < 4.78 is 5.15. The summed E-state index contributed by atoms with van der Waals surface area (Å²) in [6.45, 7) is 1.43. The van der Waals surface area contributed by atoms with E-state index in [-0.39, 0.29) is 0 Å². The van der Waals surface area contributed by atoms with Crippen LogP contribution in [0.1, 0.15) is 17.3 Å². The van der Waals surface area contributed by atoms with Gasteiger partial charge in [-0.2, -0.15) is 0 Å². The summed E-state index contributed by atoms with van der Waals surface area (Å²) in [4.78, 5) is 28.3. The average molecular weight is 355 g/mol. The highest BCUT2D eigenvalue weighted by molar-refractivity contribution is 6.30. The Morgan fingerprint density at radius 1 is 1.12 bits per heavy atom. The minimum atomic E-state index is -1.02. The maximum Gasteiger partial charge on any atom is 0.339 e. The third-order valence-corrected chi connectivity index (χ3v) is 4.01. The summed E-state index contributed by atoms with van der Waals surface area (Å²) in [5.41, 5.74) is 7.56. The van der Waals surface area contributed by atoms with Crippen molar-refractivity contribution < 1.29 is 14.3 Å². The number of nitrogens with two attached hydrogens (primary N) is 1. The number of carbonyl (C=O) groups excluding carboxylic acids is 2. The van der Waals surface area contributed by atoms with Gasteiger partial charge in [-0.1, -0.05) is 41.9 Å². The lowest BCUT2D eigenvalue weighted by Gasteiger charge is -2.12. The van der Waals surface area contributed by atoms with Crippen LogP contribution in [0, 0.1) is 0 Å². The molecule has 3 rings (SSSR count). The van der Waals surface area contributed by atoms with E-state index in [0.717, 1.165) is 5.56 Å². The summed E-state index contributed by atoms with van der Waals surface area (Å²) in [5, 5.41) is 1.25. The van der Waals surface area contributed by atoms with Gasteiger partial charge in [0.05, 0.1) is 16.8 Å². The number of ether oxygens (including phenoxy) is 1. The molecule has 0 saturated heterocycles. The fraction of sp³-hybridized carbons (Fsp3) is 0.105. The first-order valence-electron chi connectivity index (χ1n) is 7.62. The van der Waals surface area contributed by atoms with Crippen molar-refractivity contribution in [3.8, 4) is 11.3 Å². The number of primary amides is 1. The second kappa shape index (κ2) is 6.91. The molecule has 126 valence electrons. The molecule has 0 spiro atoms. The van der Waals surface area contributed by atoms with Crippen LogP contribution in [0.3, 0.4) is 0 Å². The second-order valence-corrected chi connectivity index (χ2v) is 5.97. The molecular formula is C19H15ClN2O3. The Balaban J connectivity index is 2.11. The van der Waals surface area contributed by atoms with E-state index in [1.807, 2.05) is 24.3 Å². The molecule has 6 heteroatoms. The molecule has 5 nitrogen and oxygen atoms in total. The molecule has 1 atom stereocenters. The van der Waals surface area contributed by atoms with Crippen LogP contribution >= 0.6 is 11.6 Å². The topological polar surface area (TPSA) is 82.3 Å². The van der Waals surface area contributed by atoms with Gasteiger partial charge in [0, 0.05) is 16.0 Å². The van der Waals surface area contributed by atoms with E-state index in [1.54, 1.807) is 30.3 Å². The molecule has 1 aromatic heterocycles. The molecule has 0 radical (unpaired) electrons. The SMILES string of the molecule is CC(OC(=O)c1cc(-c2ccc(Cl)cc2)nc2ccccc12)C(N)=O. The van der Waals surface area contributed by atoms with Crippen molar-refractivity contribution in [2.45, 2.75) is 13.0 Å². The summed E-state index contributed by atoms with van der Waals surface area (Å²) in [5.74, 6) is -1.33. The predicted octanol–water partition coefficient (Wildman–Crippen LogP) is 3.59. The number of para-hydroxylation sites is 1. The van der Waals surface area contributed by atoms with Crippen molar-refractivity contribution in [2.24, 2.45) is 5.73 Å². The molecule has 2 aromatic carbocycles. The number of hydrogen-bond donors (Lipinski definition) is 1. The zero-order valence-electron chi connectivity index (χ0n) is 13.4. The number of halogens is 1. The minimum absolute atomic E-state index is 0.323. The van der Waals surface area contributed by atoms with Crippen LogP contribution in [-0.4, -0.2) is 23.0 Å². The number of pyridine rings is 1. The molecular weight excluding hydrogens is 340 g/mol. The second-order valence-electron chi connectivity index (χ2n) is 5.53. The van der Waals surface area contributed by atoms with E-state index in [9.17, 15) is 9.59 Å². The lowest BCUT2D eigenvalue weighted by atomic mass is 10.0. The highest BCUT2D eigenvalue weighted by Crippen LogP contribution is 2.26. The summed E-state index contributed by atoms with van der Waals surface area (Å²) >= 11 is 5.92. The van der Waals surface area contributed by atoms with Gasteiger partial charge < -0.3 is 10.5 Å². The van der Waals surface area contributed by atoms with Crippen LogP contribution in [0.5, 0.6) is 0 Å². The molecule has 0 aliphatic rings. The number of rotatable bonds is 4. The van der Waals surface area contributed by atoms with Crippen LogP contribution < -0.4 is 5.73 Å². The number of aromatic nitrogens is 1. The normalized spacial score (nSPS) is 11.9. The van der Waals surface area contributed by atoms with E-state index in [4.69, 9.17) is 22.1 Å². The van der Waals surface area contributed by atoms with Crippen molar-refractivity contribution >= 4 is 34.4 Å². The van der Waals surface area contributed by atoms with E-state index >= 15 is 0 Å². The molecule has 1 heterocycles. The van der Waals surface area contributed by atoms with Crippen LogP contribution in [0.4, 0.5) is 0 Å². The zero-order valence-corrected chi connectivity index (χ0v) is 14.2.